The molecule has 0 saturated carbocycles. The third-order valence-corrected chi connectivity index (χ3v) is 4.62. The number of benzene rings is 3. The molecule has 1 heterocycles. The van der Waals surface area contributed by atoms with Crippen LogP contribution in [0.5, 0.6) is 5.75 Å². The number of rotatable bonds is 3. The van der Waals surface area contributed by atoms with Gasteiger partial charge in [0.05, 0.1) is 5.52 Å². The number of fused-ring (bicyclic) bond motifs is 1. The van der Waals surface area contributed by atoms with Gasteiger partial charge in [-0.3, -0.25) is 4.98 Å². The van der Waals surface area contributed by atoms with Crippen molar-refractivity contribution < 1.29 is 5.11 Å². The van der Waals surface area contributed by atoms with Crippen LogP contribution in [0.1, 0.15) is 0 Å². The fraction of sp³-hybridized carbons (Fsp3) is 0. The highest BCUT2D eigenvalue weighted by Gasteiger charge is 2.08. The summed E-state index contributed by atoms with van der Waals surface area (Å²) in [6.07, 6.45) is 1.74. The molecule has 4 rings (SSSR count). The van der Waals surface area contributed by atoms with Gasteiger partial charge in [0.2, 0.25) is 0 Å². The zero-order valence-electron chi connectivity index (χ0n) is 13.6. The van der Waals surface area contributed by atoms with Gasteiger partial charge >= 0.3 is 0 Å². The molecule has 2 N–H and O–H groups in total. The Morgan fingerprint density at radius 2 is 1.58 bits per heavy atom. The third kappa shape index (κ3) is 3.32. The summed E-state index contributed by atoms with van der Waals surface area (Å²) in [4.78, 5) is 4.35. The minimum atomic E-state index is 0.212. The van der Waals surface area contributed by atoms with E-state index in [1.807, 2.05) is 48.5 Å². The molecule has 0 fully saturated rings. The highest BCUT2D eigenvalue weighted by Crippen LogP contribution is 2.34. The molecule has 0 atom stereocenters. The normalized spacial score (nSPS) is 10.8. The molecule has 3 nitrogen and oxygen atoms in total. The second-order valence-corrected chi connectivity index (χ2v) is 6.76. The minimum Gasteiger partial charge on any atom is -0.507 e. The number of aromatic hydroxyl groups is 1. The van der Waals surface area contributed by atoms with Gasteiger partial charge < -0.3 is 10.4 Å². The van der Waals surface area contributed by atoms with Gasteiger partial charge in [-0.2, -0.15) is 0 Å². The summed E-state index contributed by atoms with van der Waals surface area (Å²) in [6.45, 7) is 0. The summed E-state index contributed by atoms with van der Waals surface area (Å²) in [5.74, 6) is 0.212. The minimum absolute atomic E-state index is 0.212. The molecule has 3 aromatic carbocycles. The second-order valence-electron chi connectivity index (χ2n) is 5.88. The number of nitrogens with zero attached hydrogens (tertiary/aromatic N) is 1. The monoisotopic (exact) mass is 380 g/mol. The molecule has 0 aliphatic carbocycles. The zero-order chi connectivity index (χ0) is 18.1. The molecule has 0 aliphatic heterocycles. The topological polar surface area (TPSA) is 45.1 Å². The summed E-state index contributed by atoms with van der Waals surface area (Å²) >= 11 is 12.0. The number of pyridine rings is 1. The number of nitrogens with one attached hydrogen (secondary N) is 1. The van der Waals surface area contributed by atoms with Crippen LogP contribution >= 0.6 is 23.2 Å². The Morgan fingerprint density at radius 3 is 2.38 bits per heavy atom. The van der Waals surface area contributed by atoms with Crippen LogP contribution in [-0.4, -0.2) is 10.1 Å². The van der Waals surface area contributed by atoms with Crippen LogP contribution in [0.2, 0.25) is 10.0 Å². The number of aromatic nitrogens is 1. The van der Waals surface area contributed by atoms with E-state index in [4.69, 9.17) is 23.2 Å². The number of phenols is 1. The van der Waals surface area contributed by atoms with Gasteiger partial charge in [0, 0.05) is 38.6 Å². The highest BCUT2D eigenvalue weighted by molar-refractivity contribution is 6.31. The molecule has 0 bridgehead atoms. The maximum atomic E-state index is 10.2. The quantitative estimate of drug-likeness (QED) is 0.390. The third-order valence-electron chi connectivity index (χ3n) is 4.14. The summed E-state index contributed by atoms with van der Waals surface area (Å²) < 4.78 is 0. The average Bonchev–Trinajstić information content (AvgIpc) is 2.64. The molecular formula is C21H14Cl2N2O. The predicted molar refractivity (Wildman–Crippen MR) is 109 cm³/mol. The molecule has 0 radical (unpaired) electrons. The number of anilines is 2. The fourth-order valence-corrected chi connectivity index (χ4v) is 3.15. The van der Waals surface area contributed by atoms with Crippen LogP contribution in [0.25, 0.3) is 22.0 Å². The first-order chi connectivity index (χ1) is 12.6. The molecule has 1 aromatic heterocycles. The smallest absolute Gasteiger partial charge is 0.123 e. The van der Waals surface area contributed by atoms with Crippen molar-refractivity contribution in [1.82, 2.24) is 4.98 Å². The molecule has 0 spiro atoms. The largest absolute Gasteiger partial charge is 0.507 e. The predicted octanol–water partition coefficient (Wildman–Crippen LogP) is 6.66. The van der Waals surface area contributed by atoms with Crippen molar-refractivity contribution in [3.05, 3.63) is 83.0 Å². The average molecular weight is 381 g/mol. The lowest BCUT2D eigenvalue weighted by atomic mass is 10.0. The SMILES string of the molecule is Oc1ccc(Nc2ccnc3cc(Cl)ccc23)cc1-c1ccc(Cl)cc1. The second kappa shape index (κ2) is 6.87. The number of phenolic OH excluding ortho intramolecular Hbond substituents is 1. The van der Waals surface area contributed by atoms with Gasteiger partial charge in [-0.05, 0) is 60.2 Å². The molecule has 0 amide bonds. The van der Waals surface area contributed by atoms with Crippen LogP contribution < -0.4 is 5.32 Å². The first-order valence-corrected chi connectivity index (χ1v) is 8.76. The van der Waals surface area contributed by atoms with E-state index in [1.165, 1.54) is 0 Å². The first kappa shape index (κ1) is 16.7. The Balaban J connectivity index is 1.74. The van der Waals surface area contributed by atoms with Gasteiger partial charge in [0.25, 0.3) is 0 Å². The lowest BCUT2D eigenvalue weighted by Crippen LogP contribution is -1.93. The van der Waals surface area contributed by atoms with Crippen LogP contribution in [0.3, 0.4) is 0 Å². The van der Waals surface area contributed by atoms with E-state index in [0.29, 0.717) is 10.0 Å². The van der Waals surface area contributed by atoms with Crippen molar-refractivity contribution >= 4 is 45.5 Å². The number of halogens is 2. The van der Waals surface area contributed by atoms with Crippen molar-refractivity contribution in [3.63, 3.8) is 0 Å². The number of hydrogen-bond acceptors (Lipinski definition) is 3. The van der Waals surface area contributed by atoms with Gasteiger partial charge in [0.15, 0.2) is 0 Å². The Labute approximate surface area is 160 Å². The summed E-state index contributed by atoms with van der Waals surface area (Å²) in [7, 11) is 0. The van der Waals surface area contributed by atoms with Crippen molar-refractivity contribution in [2.24, 2.45) is 0 Å². The van der Waals surface area contributed by atoms with Gasteiger partial charge in [-0.1, -0.05) is 35.3 Å². The molecule has 5 heteroatoms. The molecule has 0 aliphatic rings. The molecule has 26 heavy (non-hydrogen) atoms. The van der Waals surface area contributed by atoms with Gasteiger partial charge in [-0.15, -0.1) is 0 Å². The van der Waals surface area contributed by atoms with E-state index in [-0.39, 0.29) is 5.75 Å². The molecule has 128 valence electrons. The summed E-state index contributed by atoms with van der Waals surface area (Å²) in [6, 6.07) is 20.3. The Hall–Kier alpha value is -2.75. The van der Waals surface area contributed by atoms with Crippen molar-refractivity contribution in [2.45, 2.75) is 0 Å². The fourth-order valence-electron chi connectivity index (χ4n) is 2.86. The van der Waals surface area contributed by atoms with E-state index in [0.717, 1.165) is 33.4 Å². The Kier molecular flexibility index (Phi) is 4.41. The van der Waals surface area contributed by atoms with Crippen LogP contribution in [0.15, 0.2) is 72.9 Å². The van der Waals surface area contributed by atoms with E-state index >= 15 is 0 Å². The Morgan fingerprint density at radius 1 is 0.808 bits per heavy atom. The molecule has 0 saturated heterocycles. The van der Waals surface area contributed by atoms with Crippen molar-refractivity contribution in [1.29, 1.82) is 0 Å². The number of hydrogen-bond donors (Lipinski definition) is 2. The van der Waals surface area contributed by atoms with Crippen LogP contribution in [0, 0.1) is 0 Å². The standard InChI is InChI=1S/C21H14Cl2N2O/c22-14-3-1-13(2-4-14)18-12-16(6-8-21(18)26)25-19-9-10-24-20-11-15(23)5-7-17(19)20/h1-12,26H,(H,24,25). The van der Waals surface area contributed by atoms with E-state index in [9.17, 15) is 5.11 Å². The molecule has 0 unspecified atom stereocenters. The van der Waals surface area contributed by atoms with Gasteiger partial charge in [-0.25, -0.2) is 0 Å². The molecular weight excluding hydrogens is 367 g/mol. The van der Waals surface area contributed by atoms with Crippen LogP contribution in [0.4, 0.5) is 11.4 Å². The van der Waals surface area contributed by atoms with Crippen molar-refractivity contribution in [2.75, 3.05) is 5.32 Å². The maximum absolute atomic E-state index is 10.2. The first-order valence-electron chi connectivity index (χ1n) is 8.00. The van der Waals surface area contributed by atoms with E-state index in [2.05, 4.69) is 10.3 Å². The van der Waals surface area contributed by atoms with E-state index in [1.54, 1.807) is 24.4 Å². The lowest BCUT2D eigenvalue weighted by molar-refractivity contribution is 0.477. The van der Waals surface area contributed by atoms with Crippen molar-refractivity contribution in [3.8, 4) is 16.9 Å². The zero-order valence-corrected chi connectivity index (χ0v) is 15.1. The molecule has 4 aromatic rings. The Bertz CT molecular complexity index is 1090. The maximum Gasteiger partial charge on any atom is 0.123 e. The lowest BCUT2D eigenvalue weighted by Gasteiger charge is -2.12. The van der Waals surface area contributed by atoms with E-state index < -0.39 is 0 Å². The summed E-state index contributed by atoms with van der Waals surface area (Å²) in [5.41, 5.74) is 4.21. The van der Waals surface area contributed by atoms with Crippen LogP contribution in [-0.2, 0) is 0 Å². The highest BCUT2D eigenvalue weighted by atomic mass is 35.5. The summed E-state index contributed by atoms with van der Waals surface area (Å²) in [5, 5.41) is 15.9. The van der Waals surface area contributed by atoms with Gasteiger partial charge in [0.1, 0.15) is 5.75 Å².